The van der Waals surface area contributed by atoms with Crippen LogP contribution < -0.4 is 5.73 Å². The van der Waals surface area contributed by atoms with Crippen molar-refractivity contribution in [2.45, 2.75) is 0 Å². The number of benzene rings is 1. The number of nitro groups is 1. The molecule has 0 saturated carbocycles. The second-order valence-corrected chi connectivity index (χ2v) is 2.24. The molecule has 4 nitrogen and oxygen atoms in total. The Labute approximate surface area is 69.5 Å². The highest BCUT2D eigenvalue weighted by Crippen LogP contribution is 2.24. The van der Waals surface area contributed by atoms with Crippen LogP contribution in [0.1, 0.15) is 5.56 Å². The van der Waals surface area contributed by atoms with Crippen molar-refractivity contribution in [2.24, 2.45) is 0 Å². The van der Waals surface area contributed by atoms with E-state index in [0.717, 1.165) is 0 Å². The van der Waals surface area contributed by atoms with Gasteiger partial charge in [0.15, 0.2) is 0 Å². The molecule has 4 heteroatoms. The summed E-state index contributed by atoms with van der Waals surface area (Å²) < 4.78 is 0. The summed E-state index contributed by atoms with van der Waals surface area (Å²) in [6, 6.07) is 4.61. The summed E-state index contributed by atoms with van der Waals surface area (Å²) in [7, 11) is 0. The van der Waals surface area contributed by atoms with Crippen LogP contribution in [0.5, 0.6) is 0 Å². The van der Waals surface area contributed by atoms with Gasteiger partial charge in [-0.25, -0.2) is 0 Å². The fraction of sp³-hybridized carbons (Fsp3) is 0. The van der Waals surface area contributed by atoms with Gasteiger partial charge in [0.05, 0.1) is 4.92 Å². The molecule has 62 valence electrons. The van der Waals surface area contributed by atoms with E-state index in [0.29, 0.717) is 5.56 Å². The minimum atomic E-state index is -0.512. The van der Waals surface area contributed by atoms with Gasteiger partial charge in [-0.2, -0.15) is 0 Å². The van der Waals surface area contributed by atoms with Crippen LogP contribution in [0.3, 0.4) is 0 Å². The van der Waals surface area contributed by atoms with Gasteiger partial charge < -0.3 is 5.73 Å². The minimum Gasteiger partial charge on any atom is -0.393 e. The maximum atomic E-state index is 10.4. The van der Waals surface area contributed by atoms with Crippen molar-refractivity contribution in [3.05, 3.63) is 40.5 Å². The fourth-order valence-electron chi connectivity index (χ4n) is 0.908. The van der Waals surface area contributed by atoms with Gasteiger partial charge in [-0.15, -0.1) is 0 Å². The summed E-state index contributed by atoms with van der Waals surface area (Å²) in [5.41, 5.74) is 6.16. The Morgan fingerprint density at radius 1 is 1.58 bits per heavy atom. The Hall–Kier alpha value is -1.84. The quantitative estimate of drug-likeness (QED) is 0.411. The van der Waals surface area contributed by atoms with Gasteiger partial charge in [-0.1, -0.05) is 24.8 Å². The summed E-state index contributed by atoms with van der Waals surface area (Å²) in [6.07, 6.45) is 1.49. The largest absolute Gasteiger partial charge is 0.393 e. The molecular formula is C8H8N2O2. The van der Waals surface area contributed by atoms with Crippen molar-refractivity contribution >= 4 is 17.5 Å². The molecule has 2 N–H and O–H groups in total. The van der Waals surface area contributed by atoms with Gasteiger partial charge in [0, 0.05) is 11.6 Å². The molecule has 1 rings (SSSR count). The van der Waals surface area contributed by atoms with Crippen molar-refractivity contribution in [3.63, 3.8) is 0 Å². The number of nitrogen functional groups attached to an aromatic ring is 1. The van der Waals surface area contributed by atoms with E-state index in [9.17, 15) is 10.1 Å². The maximum Gasteiger partial charge on any atom is 0.292 e. The molecule has 0 unspecified atom stereocenters. The normalized spacial score (nSPS) is 9.33. The molecule has 0 spiro atoms. The van der Waals surface area contributed by atoms with Crippen LogP contribution in [0.25, 0.3) is 6.08 Å². The smallest absolute Gasteiger partial charge is 0.292 e. The molecule has 0 radical (unpaired) electrons. The summed E-state index contributed by atoms with van der Waals surface area (Å²) in [6.45, 7) is 3.49. The number of para-hydroxylation sites is 1. The summed E-state index contributed by atoms with van der Waals surface area (Å²) in [4.78, 5) is 9.87. The number of nitrogens with two attached hydrogens (primary N) is 1. The third-order valence-corrected chi connectivity index (χ3v) is 1.53. The topological polar surface area (TPSA) is 69.2 Å². The highest BCUT2D eigenvalue weighted by Gasteiger charge is 2.11. The molecule has 12 heavy (non-hydrogen) atoms. The maximum absolute atomic E-state index is 10.4. The van der Waals surface area contributed by atoms with Crippen LogP contribution in [0.15, 0.2) is 24.8 Å². The van der Waals surface area contributed by atoms with Gasteiger partial charge in [-0.3, -0.25) is 10.1 Å². The molecule has 0 aliphatic rings. The first-order chi connectivity index (χ1) is 5.66. The van der Waals surface area contributed by atoms with E-state index in [1.165, 1.54) is 12.1 Å². The average molecular weight is 164 g/mol. The number of rotatable bonds is 2. The molecule has 0 bridgehead atoms. The average Bonchev–Trinajstić information content (AvgIpc) is 2.04. The molecular weight excluding hydrogens is 156 g/mol. The van der Waals surface area contributed by atoms with Crippen LogP contribution in [0.4, 0.5) is 11.4 Å². The van der Waals surface area contributed by atoms with E-state index in [4.69, 9.17) is 5.73 Å². The van der Waals surface area contributed by atoms with Gasteiger partial charge in [-0.05, 0) is 0 Å². The Morgan fingerprint density at radius 3 is 2.75 bits per heavy atom. The lowest BCUT2D eigenvalue weighted by atomic mass is 10.1. The van der Waals surface area contributed by atoms with Gasteiger partial charge in [0.25, 0.3) is 5.69 Å². The summed E-state index contributed by atoms with van der Waals surface area (Å²) in [5, 5.41) is 10.4. The Bertz CT molecular complexity index is 334. The van der Waals surface area contributed by atoms with Crippen molar-refractivity contribution < 1.29 is 4.92 Å². The Kier molecular flexibility index (Phi) is 2.09. The zero-order chi connectivity index (χ0) is 9.14. The summed E-state index contributed by atoms with van der Waals surface area (Å²) >= 11 is 0. The number of hydrogen-bond donors (Lipinski definition) is 1. The van der Waals surface area contributed by atoms with E-state index in [1.807, 2.05) is 0 Å². The number of anilines is 1. The van der Waals surface area contributed by atoms with Crippen molar-refractivity contribution in [1.29, 1.82) is 0 Å². The van der Waals surface area contributed by atoms with Gasteiger partial charge in [0.2, 0.25) is 0 Å². The fourth-order valence-corrected chi connectivity index (χ4v) is 0.908. The standard InChI is InChI=1S/C8H8N2O2/c1-2-6-4-3-5-7(8(6)9)10(11)12/h2-5H,1,9H2. The molecule has 0 atom stereocenters. The molecule has 0 fully saturated rings. The predicted octanol–water partition coefficient (Wildman–Crippen LogP) is 1.82. The summed E-state index contributed by atoms with van der Waals surface area (Å²) in [5.74, 6) is 0. The molecule has 0 aliphatic carbocycles. The lowest BCUT2D eigenvalue weighted by Gasteiger charge is -1.99. The molecule has 0 amide bonds. The van der Waals surface area contributed by atoms with Crippen LogP contribution in [-0.2, 0) is 0 Å². The van der Waals surface area contributed by atoms with Gasteiger partial charge >= 0.3 is 0 Å². The number of nitro benzene ring substituents is 1. The molecule has 0 aromatic heterocycles. The molecule has 1 aromatic rings. The van der Waals surface area contributed by atoms with Crippen LogP contribution in [0, 0.1) is 10.1 Å². The van der Waals surface area contributed by atoms with Crippen LogP contribution in [-0.4, -0.2) is 4.92 Å². The second kappa shape index (κ2) is 3.04. The Morgan fingerprint density at radius 2 is 2.25 bits per heavy atom. The zero-order valence-corrected chi connectivity index (χ0v) is 6.36. The van der Waals surface area contributed by atoms with Crippen molar-refractivity contribution in [2.75, 3.05) is 5.73 Å². The lowest BCUT2D eigenvalue weighted by Crippen LogP contribution is -1.97. The first-order valence-corrected chi connectivity index (χ1v) is 3.32. The molecule has 1 aromatic carbocycles. The highest BCUT2D eigenvalue weighted by molar-refractivity contribution is 5.72. The van der Waals surface area contributed by atoms with E-state index in [1.54, 1.807) is 12.1 Å². The van der Waals surface area contributed by atoms with Crippen LogP contribution in [0.2, 0.25) is 0 Å². The number of nitrogens with zero attached hydrogens (tertiary/aromatic N) is 1. The van der Waals surface area contributed by atoms with Gasteiger partial charge in [0.1, 0.15) is 5.69 Å². The van der Waals surface area contributed by atoms with Crippen molar-refractivity contribution in [1.82, 2.24) is 0 Å². The van der Waals surface area contributed by atoms with Crippen molar-refractivity contribution in [3.8, 4) is 0 Å². The van der Waals surface area contributed by atoms with E-state index in [2.05, 4.69) is 6.58 Å². The third kappa shape index (κ3) is 1.27. The predicted molar refractivity (Wildman–Crippen MR) is 47.6 cm³/mol. The molecule has 0 saturated heterocycles. The van der Waals surface area contributed by atoms with E-state index >= 15 is 0 Å². The Balaban J connectivity index is 3.32. The highest BCUT2D eigenvalue weighted by atomic mass is 16.6. The third-order valence-electron chi connectivity index (χ3n) is 1.53. The minimum absolute atomic E-state index is 0.0765. The zero-order valence-electron chi connectivity index (χ0n) is 6.36. The lowest BCUT2D eigenvalue weighted by molar-refractivity contribution is -0.383. The second-order valence-electron chi connectivity index (χ2n) is 2.24. The molecule has 0 aliphatic heterocycles. The van der Waals surface area contributed by atoms with E-state index in [-0.39, 0.29) is 11.4 Å². The van der Waals surface area contributed by atoms with E-state index < -0.39 is 4.92 Å². The molecule has 0 heterocycles. The SMILES string of the molecule is C=Cc1cccc([N+](=O)[O-])c1N. The number of hydrogen-bond acceptors (Lipinski definition) is 3. The first kappa shape index (κ1) is 8.26. The van der Waals surface area contributed by atoms with Crippen LogP contribution >= 0.6 is 0 Å². The monoisotopic (exact) mass is 164 g/mol. The first-order valence-electron chi connectivity index (χ1n) is 3.32.